The molecule has 2 unspecified atom stereocenters. The highest BCUT2D eigenvalue weighted by Crippen LogP contribution is 2.23. The van der Waals surface area contributed by atoms with Gasteiger partial charge >= 0.3 is 0 Å². The number of anilines is 1. The first-order chi connectivity index (χ1) is 8.56. The van der Waals surface area contributed by atoms with Gasteiger partial charge in [0.15, 0.2) is 0 Å². The maximum absolute atomic E-state index is 3.66. The smallest absolute Gasteiger partial charge is 0.0387 e. The molecule has 0 radical (unpaired) electrons. The zero-order valence-electron chi connectivity index (χ0n) is 11.5. The fraction of sp³-hybridized carbons (Fsp3) is 0.600. The molecule has 2 nitrogen and oxygen atoms in total. The summed E-state index contributed by atoms with van der Waals surface area (Å²) < 4.78 is 1.15. The van der Waals surface area contributed by atoms with Crippen molar-refractivity contribution in [3.8, 4) is 0 Å². The van der Waals surface area contributed by atoms with Crippen molar-refractivity contribution in [3.05, 3.63) is 28.7 Å². The molecule has 18 heavy (non-hydrogen) atoms. The lowest BCUT2D eigenvalue weighted by atomic mass is 9.99. The summed E-state index contributed by atoms with van der Waals surface area (Å²) in [6.45, 7) is 9.07. The molecule has 0 aliphatic carbocycles. The Morgan fingerprint density at radius 3 is 2.61 bits per heavy atom. The Labute approximate surface area is 119 Å². The molecule has 100 valence electrons. The van der Waals surface area contributed by atoms with Gasteiger partial charge in [0.05, 0.1) is 0 Å². The molecule has 1 aromatic carbocycles. The lowest BCUT2D eigenvalue weighted by molar-refractivity contribution is 0.356. The molecule has 2 rings (SSSR count). The Balaban J connectivity index is 2.07. The fourth-order valence-corrected chi connectivity index (χ4v) is 2.91. The van der Waals surface area contributed by atoms with Crippen LogP contribution in [0.2, 0.25) is 0 Å². The first-order valence-corrected chi connectivity index (χ1v) is 7.61. The summed E-state index contributed by atoms with van der Waals surface area (Å²) in [5, 5.41) is 3.66. The van der Waals surface area contributed by atoms with Crippen LogP contribution < -0.4 is 10.2 Å². The van der Waals surface area contributed by atoms with Crippen LogP contribution in [0.1, 0.15) is 27.2 Å². The summed E-state index contributed by atoms with van der Waals surface area (Å²) in [4.78, 5) is 2.52. The molecule has 1 aliphatic heterocycles. The highest BCUT2D eigenvalue weighted by Gasteiger charge is 2.25. The van der Waals surface area contributed by atoms with Crippen LogP contribution in [0.4, 0.5) is 5.69 Å². The van der Waals surface area contributed by atoms with E-state index in [0.29, 0.717) is 12.1 Å². The van der Waals surface area contributed by atoms with Crippen molar-refractivity contribution >= 4 is 21.6 Å². The average Bonchev–Trinajstić information content (AvgIpc) is 2.32. The van der Waals surface area contributed by atoms with Crippen LogP contribution in [-0.2, 0) is 0 Å². The van der Waals surface area contributed by atoms with Crippen LogP contribution in [0.15, 0.2) is 28.7 Å². The number of benzene rings is 1. The Kier molecular flexibility index (Phi) is 4.68. The second kappa shape index (κ2) is 6.07. The van der Waals surface area contributed by atoms with Crippen LogP contribution in [0.5, 0.6) is 0 Å². The first kappa shape index (κ1) is 13.9. The zero-order valence-corrected chi connectivity index (χ0v) is 13.1. The van der Waals surface area contributed by atoms with Crippen LogP contribution in [-0.4, -0.2) is 25.2 Å². The molecule has 1 saturated heterocycles. The molecular formula is C15H23BrN2. The maximum Gasteiger partial charge on any atom is 0.0387 e. The third kappa shape index (κ3) is 3.48. The third-order valence-corrected chi connectivity index (χ3v) is 4.09. The van der Waals surface area contributed by atoms with Crippen molar-refractivity contribution < 1.29 is 0 Å². The number of halogens is 1. The van der Waals surface area contributed by atoms with Crippen molar-refractivity contribution in [1.82, 2.24) is 5.32 Å². The highest BCUT2D eigenvalue weighted by molar-refractivity contribution is 9.10. The minimum Gasteiger partial charge on any atom is -0.366 e. The molecule has 3 heteroatoms. The topological polar surface area (TPSA) is 15.3 Å². The maximum atomic E-state index is 3.66. The summed E-state index contributed by atoms with van der Waals surface area (Å²) in [7, 11) is 0. The number of nitrogens with one attached hydrogen (secondary N) is 1. The Morgan fingerprint density at radius 2 is 2.00 bits per heavy atom. The number of piperazine rings is 1. The van der Waals surface area contributed by atoms with Gasteiger partial charge in [-0.3, -0.25) is 0 Å². The Bertz CT molecular complexity index is 375. The van der Waals surface area contributed by atoms with Crippen molar-refractivity contribution in [1.29, 1.82) is 0 Å². The molecule has 0 bridgehead atoms. The molecule has 0 spiro atoms. The van der Waals surface area contributed by atoms with Gasteiger partial charge in [-0.1, -0.05) is 29.8 Å². The van der Waals surface area contributed by atoms with Gasteiger partial charge in [-0.2, -0.15) is 0 Å². The molecule has 1 aliphatic rings. The van der Waals surface area contributed by atoms with Gasteiger partial charge < -0.3 is 10.2 Å². The SMILES string of the molecule is CC(C)CC1CN(c2ccc(Br)cc2)C(C)CN1. The van der Waals surface area contributed by atoms with E-state index in [9.17, 15) is 0 Å². The summed E-state index contributed by atoms with van der Waals surface area (Å²) >= 11 is 3.50. The van der Waals surface area contributed by atoms with E-state index in [-0.39, 0.29) is 0 Å². The van der Waals surface area contributed by atoms with E-state index < -0.39 is 0 Å². The Hall–Kier alpha value is -0.540. The van der Waals surface area contributed by atoms with E-state index in [0.717, 1.165) is 23.5 Å². The molecule has 0 aromatic heterocycles. The van der Waals surface area contributed by atoms with E-state index in [1.54, 1.807) is 0 Å². The second-order valence-corrected chi connectivity index (χ2v) is 6.63. The van der Waals surface area contributed by atoms with Crippen molar-refractivity contribution in [2.45, 2.75) is 39.3 Å². The average molecular weight is 311 g/mol. The molecule has 1 N–H and O–H groups in total. The standard InChI is InChI=1S/C15H23BrN2/c1-11(2)8-14-10-18(12(3)9-17-14)15-6-4-13(16)5-7-15/h4-7,11-12,14,17H,8-10H2,1-3H3. The van der Waals surface area contributed by atoms with Gasteiger partial charge in [0, 0.05) is 35.3 Å². The second-order valence-electron chi connectivity index (χ2n) is 5.71. The quantitative estimate of drug-likeness (QED) is 0.916. The zero-order chi connectivity index (χ0) is 13.1. The van der Waals surface area contributed by atoms with E-state index >= 15 is 0 Å². The summed E-state index contributed by atoms with van der Waals surface area (Å²) in [5.41, 5.74) is 1.33. The van der Waals surface area contributed by atoms with Gasteiger partial charge in [-0.15, -0.1) is 0 Å². The minimum absolute atomic E-state index is 0.564. The van der Waals surface area contributed by atoms with Gasteiger partial charge in [-0.05, 0) is 43.5 Å². The summed E-state index contributed by atoms with van der Waals surface area (Å²) in [6.07, 6.45) is 1.25. The lowest BCUT2D eigenvalue weighted by Gasteiger charge is -2.41. The molecule has 0 amide bonds. The molecule has 2 atom stereocenters. The van der Waals surface area contributed by atoms with Crippen LogP contribution in [0.25, 0.3) is 0 Å². The minimum atomic E-state index is 0.564. The highest BCUT2D eigenvalue weighted by atomic mass is 79.9. The van der Waals surface area contributed by atoms with Crippen molar-refractivity contribution in [3.63, 3.8) is 0 Å². The molecule has 1 aromatic rings. The molecular weight excluding hydrogens is 288 g/mol. The summed E-state index contributed by atoms with van der Waals surface area (Å²) in [5.74, 6) is 0.752. The predicted octanol–water partition coefficient (Wildman–Crippen LogP) is 3.66. The van der Waals surface area contributed by atoms with Crippen molar-refractivity contribution in [2.75, 3.05) is 18.0 Å². The fourth-order valence-electron chi connectivity index (χ4n) is 2.65. The van der Waals surface area contributed by atoms with Gasteiger partial charge in [0.1, 0.15) is 0 Å². The molecule has 1 fully saturated rings. The first-order valence-electron chi connectivity index (χ1n) is 6.82. The molecule has 0 saturated carbocycles. The summed E-state index contributed by atoms with van der Waals surface area (Å²) in [6, 6.07) is 9.85. The lowest BCUT2D eigenvalue weighted by Crippen LogP contribution is -2.55. The Morgan fingerprint density at radius 1 is 1.33 bits per heavy atom. The van der Waals surface area contributed by atoms with Gasteiger partial charge in [-0.25, -0.2) is 0 Å². The van der Waals surface area contributed by atoms with Crippen LogP contribution in [0, 0.1) is 5.92 Å². The van der Waals surface area contributed by atoms with Gasteiger partial charge in [0.2, 0.25) is 0 Å². The third-order valence-electron chi connectivity index (χ3n) is 3.57. The normalized spacial score (nSPS) is 24.6. The van der Waals surface area contributed by atoms with E-state index in [4.69, 9.17) is 0 Å². The van der Waals surface area contributed by atoms with Crippen molar-refractivity contribution in [2.24, 2.45) is 5.92 Å². The van der Waals surface area contributed by atoms with Crippen LogP contribution >= 0.6 is 15.9 Å². The predicted molar refractivity (Wildman–Crippen MR) is 82.2 cm³/mol. The number of rotatable bonds is 3. The van der Waals surface area contributed by atoms with Gasteiger partial charge in [0.25, 0.3) is 0 Å². The van der Waals surface area contributed by atoms with E-state index in [1.807, 2.05) is 0 Å². The number of hydrogen-bond acceptors (Lipinski definition) is 2. The number of nitrogens with zero attached hydrogens (tertiary/aromatic N) is 1. The number of hydrogen-bond donors (Lipinski definition) is 1. The van der Waals surface area contributed by atoms with E-state index in [2.05, 4.69) is 71.2 Å². The van der Waals surface area contributed by atoms with E-state index in [1.165, 1.54) is 12.1 Å². The van der Waals surface area contributed by atoms with Crippen LogP contribution in [0.3, 0.4) is 0 Å². The monoisotopic (exact) mass is 310 g/mol. The largest absolute Gasteiger partial charge is 0.366 e. The molecule has 1 heterocycles.